The molecular formula is C24H27F3N2O4. The van der Waals surface area contributed by atoms with Crippen molar-refractivity contribution in [2.24, 2.45) is 11.3 Å². The average molecular weight is 464 g/mol. The molecule has 0 aromatic heterocycles. The van der Waals surface area contributed by atoms with Crippen molar-refractivity contribution in [1.82, 2.24) is 10.2 Å². The number of halogens is 3. The van der Waals surface area contributed by atoms with Crippen LogP contribution in [0.5, 0.6) is 0 Å². The van der Waals surface area contributed by atoms with Crippen LogP contribution < -0.4 is 5.32 Å². The molecular weight excluding hydrogens is 437 g/mol. The van der Waals surface area contributed by atoms with Gasteiger partial charge in [0.2, 0.25) is 11.8 Å². The van der Waals surface area contributed by atoms with Crippen LogP contribution in [0.15, 0.2) is 48.7 Å². The maximum absolute atomic E-state index is 13.3. The average Bonchev–Trinajstić information content (AvgIpc) is 2.92. The minimum Gasteiger partial charge on any atom is -0.468 e. The summed E-state index contributed by atoms with van der Waals surface area (Å²) in [5, 5.41) is 2.59. The Kier molecular flexibility index (Phi) is 7.29. The van der Waals surface area contributed by atoms with E-state index >= 15 is 0 Å². The normalized spacial score (nSPS) is 22.8. The molecule has 0 radical (unpaired) electrons. The summed E-state index contributed by atoms with van der Waals surface area (Å²) in [4.78, 5) is 40.6. The number of carbonyl (C=O) groups is 3. The second kappa shape index (κ2) is 9.80. The van der Waals surface area contributed by atoms with Gasteiger partial charge in [-0.3, -0.25) is 14.4 Å². The Morgan fingerprint density at radius 2 is 2.09 bits per heavy atom. The van der Waals surface area contributed by atoms with Gasteiger partial charge in [0.15, 0.2) is 0 Å². The summed E-state index contributed by atoms with van der Waals surface area (Å²) >= 11 is 0. The molecule has 2 amide bonds. The molecule has 6 nitrogen and oxygen atoms in total. The highest BCUT2D eigenvalue weighted by molar-refractivity contribution is 5.98. The number of likely N-dealkylation sites (tertiary alicyclic amines) is 1. The first kappa shape index (κ1) is 24.5. The first-order valence-corrected chi connectivity index (χ1v) is 10.8. The van der Waals surface area contributed by atoms with E-state index in [9.17, 15) is 27.6 Å². The standard InChI is InChI=1S/C24H27F3N2O4/c1-3-12-29-19-10-5-4-6-11-23(19,22(32)33-2)18(21(29)31)14-20(30)28-15-16-8-7-9-17(13-16)24(25,26)27/h3,7-10,13,18H,1,4-6,11-12,14-15H2,2H3,(H,28,30)/t18-,23-/m1/s1. The number of amides is 2. The van der Waals surface area contributed by atoms with Crippen molar-refractivity contribution in [2.45, 2.75) is 44.8 Å². The van der Waals surface area contributed by atoms with Gasteiger partial charge in [-0.2, -0.15) is 13.2 Å². The number of carbonyl (C=O) groups excluding carboxylic acids is 3. The molecule has 1 aliphatic heterocycles. The lowest BCUT2D eigenvalue weighted by Gasteiger charge is -2.31. The molecule has 0 unspecified atom stereocenters. The predicted octanol–water partition coefficient (Wildman–Crippen LogP) is 3.97. The number of fused-ring (bicyclic) bond motifs is 1. The molecule has 2 aliphatic rings. The van der Waals surface area contributed by atoms with E-state index in [1.807, 2.05) is 6.08 Å². The molecule has 2 atom stereocenters. The lowest BCUT2D eigenvalue weighted by molar-refractivity contribution is -0.155. The third kappa shape index (κ3) is 4.82. The first-order valence-electron chi connectivity index (χ1n) is 10.8. The number of rotatable bonds is 7. The largest absolute Gasteiger partial charge is 0.468 e. The summed E-state index contributed by atoms with van der Waals surface area (Å²) in [6.45, 7) is 3.75. The molecule has 1 heterocycles. The van der Waals surface area contributed by atoms with Crippen LogP contribution in [-0.4, -0.2) is 36.3 Å². The summed E-state index contributed by atoms with van der Waals surface area (Å²) in [5.41, 5.74) is -1.24. The monoisotopic (exact) mass is 464 g/mol. The van der Waals surface area contributed by atoms with Gasteiger partial charge in [-0.05, 0) is 37.0 Å². The van der Waals surface area contributed by atoms with Crippen LogP contribution in [0.1, 0.15) is 43.2 Å². The zero-order chi connectivity index (χ0) is 24.2. The van der Waals surface area contributed by atoms with Crippen LogP contribution >= 0.6 is 0 Å². The third-order valence-corrected chi connectivity index (χ3v) is 6.26. The second-order valence-corrected chi connectivity index (χ2v) is 8.27. The number of hydrogen-bond donors (Lipinski definition) is 1. The van der Waals surface area contributed by atoms with Gasteiger partial charge in [0.1, 0.15) is 5.41 Å². The van der Waals surface area contributed by atoms with Gasteiger partial charge < -0.3 is 15.0 Å². The number of allylic oxidation sites excluding steroid dienone is 1. The first-order chi connectivity index (χ1) is 15.6. The van der Waals surface area contributed by atoms with E-state index in [-0.39, 0.29) is 31.0 Å². The van der Waals surface area contributed by atoms with E-state index in [0.717, 1.165) is 18.6 Å². The Hall–Kier alpha value is -3.10. The van der Waals surface area contributed by atoms with Crippen LogP contribution in [0.4, 0.5) is 13.2 Å². The summed E-state index contributed by atoms with van der Waals surface area (Å²) in [6, 6.07) is 4.67. The Balaban J connectivity index is 1.83. The molecule has 0 bridgehead atoms. The van der Waals surface area contributed by atoms with Crippen molar-refractivity contribution >= 4 is 17.8 Å². The zero-order valence-corrected chi connectivity index (χ0v) is 18.4. The molecule has 1 saturated heterocycles. The highest BCUT2D eigenvalue weighted by atomic mass is 19.4. The van der Waals surface area contributed by atoms with Crippen LogP contribution in [0, 0.1) is 11.3 Å². The summed E-state index contributed by atoms with van der Waals surface area (Å²) in [6.07, 6.45) is 1.25. The van der Waals surface area contributed by atoms with E-state index in [2.05, 4.69) is 11.9 Å². The molecule has 9 heteroatoms. The van der Waals surface area contributed by atoms with Crippen molar-refractivity contribution in [2.75, 3.05) is 13.7 Å². The minimum atomic E-state index is -4.49. The van der Waals surface area contributed by atoms with Crippen LogP contribution in [0.25, 0.3) is 0 Å². The maximum Gasteiger partial charge on any atom is 0.416 e. The number of nitrogens with zero attached hydrogens (tertiary/aromatic N) is 1. The van der Waals surface area contributed by atoms with Crippen LogP contribution in [-0.2, 0) is 31.8 Å². The second-order valence-electron chi connectivity index (χ2n) is 8.27. The Bertz CT molecular complexity index is 973. The molecule has 33 heavy (non-hydrogen) atoms. The Morgan fingerprint density at radius 1 is 1.33 bits per heavy atom. The number of benzene rings is 1. The number of hydrogen-bond acceptors (Lipinski definition) is 4. The summed E-state index contributed by atoms with van der Waals surface area (Å²) in [7, 11) is 1.25. The van der Waals surface area contributed by atoms with Gasteiger partial charge in [-0.1, -0.05) is 30.7 Å². The van der Waals surface area contributed by atoms with Crippen molar-refractivity contribution in [3.63, 3.8) is 0 Å². The van der Waals surface area contributed by atoms with E-state index in [4.69, 9.17) is 4.74 Å². The van der Waals surface area contributed by atoms with Gasteiger partial charge in [-0.25, -0.2) is 0 Å². The Morgan fingerprint density at radius 3 is 2.76 bits per heavy atom. The number of nitrogens with one attached hydrogen (secondary N) is 1. The van der Waals surface area contributed by atoms with E-state index in [1.165, 1.54) is 24.1 Å². The fourth-order valence-corrected chi connectivity index (χ4v) is 4.74. The minimum absolute atomic E-state index is 0.131. The van der Waals surface area contributed by atoms with Crippen molar-refractivity contribution in [3.05, 3.63) is 59.8 Å². The number of ether oxygens (including phenoxy) is 1. The molecule has 1 aromatic carbocycles. The topological polar surface area (TPSA) is 75.7 Å². The lowest BCUT2D eigenvalue weighted by Crippen LogP contribution is -2.41. The van der Waals surface area contributed by atoms with Crippen LogP contribution in [0.3, 0.4) is 0 Å². The van der Waals surface area contributed by atoms with Crippen molar-refractivity contribution in [3.8, 4) is 0 Å². The smallest absolute Gasteiger partial charge is 0.416 e. The molecule has 1 aliphatic carbocycles. The molecule has 1 N–H and O–H groups in total. The predicted molar refractivity (Wildman–Crippen MR) is 114 cm³/mol. The van der Waals surface area contributed by atoms with Gasteiger partial charge >= 0.3 is 12.1 Å². The summed E-state index contributed by atoms with van der Waals surface area (Å²) in [5.74, 6) is -2.41. The van der Waals surface area contributed by atoms with Gasteiger partial charge in [-0.15, -0.1) is 6.58 Å². The van der Waals surface area contributed by atoms with Crippen LogP contribution in [0.2, 0.25) is 0 Å². The van der Waals surface area contributed by atoms with Crippen molar-refractivity contribution in [1.29, 1.82) is 0 Å². The number of esters is 1. The highest BCUT2D eigenvalue weighted by Gasteiger charge is 2.61. The fourth-order valence-electron chi connectivity index (χ4n) is 4.74. The van der Waals surface area contributed by atoms with E-state index in [0.29, 0.717) is 25.0 Å². The molecule has 0 saturated carbocycles. The highest BCUT2D eigenvalue weighted by Crippen LogP contribution is 2.52. The molecule has 1 aromatic rings. The molecule has 178 valence electrons. The number of alkyl halides is 3. The quantitative estimate of drug-likeness (QED) is 0.489. The van der Waals surface area contributed by atoms with E-state index in [1.54, 1.807) is 6.08 Å². The fraction of sp³-hybridized carbons (Fsp3) is 0.458. The lowest BCUT2D eigenvalue weighted by atomic mass is 9.71. The SMILES string of the molecule is C=CCN1C(=O)[C@@H](CC(=O)NCc2cccc(C(F)(F)F)c2)[C@]2(C(=O)OC)CCCCC=C12. The summed E-state index contributed by atoms with van der Waals surface area (Å²) < 4.78 is 43.9. The molecule has 1 fully saturated rings. The van der Waals surface area contributed by atoms with Crippen molar-refractivity contribution < 1.29 is 32.3 Å². The molecule has 3 rings (SSSR count). The Labute approximate surface area is 190 Å². The van der Waals surface area contributed by atoms with Gasteiger partial charge in [0.25, 0.3) is 0 Å². The maximum atomic E-state index is 13.3. The third-order valence-electron chi connectivity index (χ3n) is 6.26. The van der Waals surface area contributed by atoms with Gasteiger partial charge in [0.05, 0.1) is 18.6 Å². The van der Waals surface area contributed by atoms with E-state index < -0.39 is 34.9 Å². The van der Waals surface area contributed by atoms with Gasteiger partial charge in [0, 0.05) is 25.2 Å². The number of methoxy groups -OCH3 is 1. The molecule has 0 spiro atoms. The zero-order valence-electron chi connectivity index (χ0n) is 18.4.